The standard InChI is InChI=1S/C13H8F3NOS/c1-7-9(2-3-19-7)10-4-8(6-17)5-11(12(10)18)13(14,15)16/h2-5,18H,1H3. The Morgan fingerprint density at radius 3 is 2.42 bits per heavy atom. The number of benzene rings is 1. The molecule has 1 aromatic carbocycles. The zero-order valence-electron chi connectivity index (χ0n) is 9.75. The fourth-order valence-corrected chi connectivity index (χ4v) is 2.50. The molecule has 19 heavy (non-hydrogen) atoms. The van der Waals surface area contributed by atoms with Gasteiger partial charge in [-0.25, -0.2) is 0 Å². The topological polar surface area (TPSA) is 44.0 Å². The van der Waals surface area contributed by atoms with Crippen LogP contribution in [0.25, 0.3) is 11.1 Å². The lowest BCUT2D eigenvalue weighted by Crippen LogP contribution is -2.06. The molecular formula is C13H8F3NOS. The van der Waals surface area contributed by atoms with E-state index in [-0.39, 0.29) is 11.1 Å². The number of nitriles is 1. The third kappa shape index (κ3) is 2.42. The number of nitrogens with zero attached hydrogens (tertiary/aromatic N) is 1. The van der Waals surface area contributed by atoms with E-state index >= 15 is 0 Å². The van der Waals surface area contributed by atoms with Crippen LogP contribution in [-0.4, -0.2) is 5.11 Å². The Bertz CT molecular complexity index is 668. The number of hydrogen-bond donors (Lipinski definition) is 1. The molecule has 0 aliphatic heterocycles. The normalized spacial score (nSPS) is 11.3. The minimum Gasteiger partial charge on any atom is -0.507 e. The summed E-state index contributed by atoms with van der Waals surface area (Å²) in [5.41, 5.74) is -0.784. The summed E-state index contributed by atoms with van der Waals surface area (Å²) in [4.78, 5) is 0.776. The average Bonchev–Trinajstić information content (AvgIpc) is 2.74. The van der Waals surface area contributed by atoms with Gasteiger partial charge in [-0.3, -0.25) is 0 Å². The summed E-state index contributed by atoms with van der Waals surface area (Å²) in [6.07, 6.45) is -4.70. The number of hydrogen-bond acceptors (Lipinski definition) is 3. The SMILES string of the molecule is Cc1sccc1-c1cc(C#N)cc(C(F)(F)F)c1O. The molecule has 2 rings (SSSR count). The number of phenols is 1. The van der Waals surface area contributed by atoms with Crippen molar-refractivity contribution in [3.8, 4) is 22.9 Å². The van der Waals surface area contributed by atoms with E-state index in [1.807, 2.05) is 0 Å². The van der Waals surface area contributed by atoms with E-state index in [1.165, 1.54) is 17.4 Å². The molecule has 0 fully saturated rings. The zero-order chi connectivity index (χ0) is 14.2. The van der Waals surface area contributed by atoms with Gasteiger partial charge in [-0.15, -0.1) is 11.3 Å². The maximum Gasteiger partial charge on any atom is 0.420 e. The van der Waals surface area contributed by atoms with Crippen molar-refractivity contribution >= 4 is 11.3 Å². The highest BCUT2D eigenvalue weighted by atomic mass is 32.1. The number of rotatable bonds is 1. The maximum absolute atomic E-state index is 12.8. The van der Waals surface area contributed by atoms with Gasteiger partial charge in [0.1, 0.15) is 5.75 Å². The molecule has 0 radical (unpaired) electrons. The molecule has 1 aromatic heterocycles. The number of aromatic hydroxyl groups is 1. The molecule has 2 aromatic rings. The molecule has 0 bridgehead atoms. The molecule has 2 nitrogen and oxygen atoms in total. The summed E-state index contributed by atoms with van der Waals surface area (Å²) in [5.74, 6) is -0.840. The predicted octanol–water partition coefficient (Wildman–Crippen LogP) is 4.32. The van der Waals surface area contributed by atoms with Crippen LogP contribution in [0.15, 0.2) is 23.6 Å². The lowest BCUT2D eigenvalue weighted by molar-refractivity contribution is -0.138. The van der Waals surface area contributed by atoms with Crippen LogP contribution < -0.4 is 0 Å². The first-order chi connectivity index (χ1) is 8.84. The fourth-order valence-electron chi connectivity index (χ4n) is 1.78. The van der Waals surface area contributed by atoms with Crippen molar-refractivity contribution in [1.29, 1.82) is 5.26 Å². The predicted molar refractivity (Wildman–Crippen MR) is 65.9 cm³/mol. The zero-order valence-corrected chi connectivity index (χ0v) is 10.6. The van der Waals surface area contributed by atoms with E-state index < -0.39 is 17.5 Å². The summed E-state index contributed by atoms with van der Waals surface area (Å²) >= 11 is 1.36. The molecule has 1 heterocycles. The highest BCUT2D eigenvalue weighted by Crippen LogP contribution is 2.43. The Balaban J connectivity index is 2.76. The van der Waals surface area contributed by atoms with E-state index in [2.05, 4.69) is 0 Å². The molecule has 98 valence electrons. The minimum absolute atomic E-state index is 0.0325. The Hall–Kier alpha value is -2.00. The highest BCUT2D eigenvalue weighted by Gasteiger charge is 2.35. The van der Waals surface area contributed by atoms with Crippen molar-refractivity contribution in [2.75, 3.05) is 0 Å². The average molecular weight is 283 g/mol. The van der Waals surface area contributed by atoms with Crippen LogP contribution in [0.3, 0.4) is 0 Å². The molecule has 6 heteroatoms. The second-order valence-corrected chi connectivity index (χ2v) is 5.04. The van der Waals surface area contributed by atoms with Gasteiger partial charge < -0.3 is 5.11 Å². The highest BCUT2D eigenvalue weighted by molar-refractivity contribution is 7.10. The smallest absolute Gasteiger partial charge is 0.420 e. The van der Waals surface area contributed by atoms with E-state index in [4.69, 9.17) is 5.26 Å². The van der Waals surface area contributed by atoms with Crippen molar-refractivity contribution < 1.29 is 18.3 Å². The van der Waals surface area contributed by atoms with E-state index in [0.29, 0.717) is 11.6 Å². The van der Waals surface area contributed by atoms with Crippen molar-refractivity contribution in [3.05, 3.63) is 39.6 Å². The first-order valence-corrected chi connectivity index (χ1v) is 6.11. The Morgan fingerprint density at radius 2 is 1.95 bits per heavy atom. The lowest BCUT2D eigenvalue weighted by atomic mass is 9.99. The van der Waals surface area contributed by atoms with Gasteiger partial charge in [-0.05, 0) is 36.1 Å². The van der Waals surface area contributed by atoms with Crippen LogP contribution in [0.1, 0.15) is 16.0 Å². The molecule has 0 aliphatic carbocycles. The van der Waals surface area contributed by atoms with Crippen molar-refractivity contribution in [3.63, 3.8) is 0 Å². The summed E-state index contributed by atoms with van der Waals surface area (Å²) < 4.78 is 38.5. The van der Waals surface area contributed by atoms with Gasteiger partial charge in [0.25, 0.3) is 0 Å². The number of aryl methyl sites for hydroxylation is 1. The maximum atomic E-state index is 12.8. The van der Waals surface area contributed by atoms with Gasteiger partial charge in [0.05, 0.1) is 17.2 Å². The van der Waals surface area contributed by atoms with Crippen LogP contribution in [-0.2, 0) is 6.18 Å². The van der Waals surface area contributed by atoms with Crippen molar-refractivity contribution in [2.24, 2.45) is 0 Å². The van der Waals surface area contributed by atoms with E-state index in [1.54, 1.807) is 24.4 Å². The number of alkyl halides is 3. The van der Waals surface area contributed by atoms with Gasteiger partial charge in [-0.2, -0.15) is 18.4 Å². The molecule has 0 spiro atoms. The third-order valence-corrected chi connectivity index (χ3v) is 3.54. The quantitative estimate of drug-likeness (QED) is 0.847. The second-order valence-electron chi connectivity index (χ2n) is 3.92. The molecule has 0 saturated heterocycles. The van der Waals surface area contributed by atoms with Gasteiger partial charge in [-0.1, -0.05) is 0 Å². The Kier molecular flexibility index (Phi) is 3.25. The van der Waals surface area contributed by atoms with Gasteiger partial charge in [0.2, 0.25) is 0 Å². The number of phenolic OH excluding ortho intramolecular Hbond substituents is 1. The summed E-state index contributed by atoms with van der Waals surface area (Å²) in [7, 11) is 0. The third-order valence-electron chi connectivity index (χ3n) is 2.69. The molecule has 0 unspecified atom stereocenters. The second kappa shape index (κ2) is 4.59. The molecular weight excluding hydrogens is 275 g/mol. The fraction of sp³-hybridized carbons (Fsp3) is 0.154. The van der Waals surface area contributed by atoms with Gasteiger partial charge in [0, 0.05) is 10.4 Å². The summed E-state index contributed by atoms with van der Waals surface area (Å²) in [5, 5.41) is 20.3. The molecule has 0 amide bonds. The lowest BCUT2D eigenvalue weighted by Gasteiger charge is -2.13. The van der Waals surface area contributed by atoms with Crippen LogP contribution in [0.2, 0.25) is 0 Å². The van der Waals surface area contributed by atoms with Crippen molar-refractivity contribution in [2.45, 2.75) is 13.1 Å². The Labute approximate surface area is 111 Å². The van der Waals surface area contributed by atoms with Gasteiger partial charge >= 0.3 is 6.18 Å². The summed E-state index contributed by atoms with van der Waals surface area (Å²) in [6, 6.07) is 5.22. The van der Waals surface area contributed by atoms with Gasteiger partial charge in [0.15, 0.2) is 0 Å². The minimum atomic E-state index is -4.70. The summed E-state index contributed by atoms with van der Waals surface area (Å²) in [6.45, 7) is 1.74. The molecule has 1 N–H and O–H groups in total. The van der Waals surface area contributed by atoms with Crippen LogP contribution >= 0.6 is 11.3 Å². The van der Waals surface area contributed by atoms with Crippen molar-refractivity contribution in [1.82, 2.24) is 0 Å². The number of halogens is 3. The molecule has 0 aliphatic rings. The number of thiophene rings is 1. The monoisotopic (exact) mass is 283 g/mol. The van der Waals surface area contributed by atoms with Crippen LogP contribution in [0, 0.1) is 18.3 Å². The first kappa shape index (κ1) is 13.4. The van der Waals surface area contributed by atoms with E-state index in [9.17, 15) is 18.3 Å². The van der Waals surface area contributed by atoms with Crippen LogP contribution in [0.4, 0.5) is 13.2 Å². The molecule has 0 saturated carbocycles. The first-order valence-electron chi connectivity index (χ1n) is 5.23. The Morgan fingerprint density at radius 1 is 1.26 bits per heavy atom. The van der Waals surface area contributed by atoms with E-state index in [0.717, 1.165) is 4.88 Å². The molecule has 0 atom stereocenters. The van der Waals surface area contributed by atoms with Crippen LogP contribution in [0.5, 0.6) is 5.75 Å². The largest absolute Gasteiger partial charge is 0.507 e.